The van der Waals surface area contributed by atoms with Crippen LogP contribution in [0, 0.1) is 11.6 Å². The van der Waals surface area contributed by atoms with E-state index in [1.165, 1.54) is 12.1 Å². The van der Waals surface area contributed by atoms with E-state index in [4.69, 9.17) is 11.6 Å². The van der Waals surface area contributed by atoms with E-state index in [1.54, 1.807) is 19.1 Å². The lowest BCUT2D eigenvalue weighted by atomic mass is 10.1. The van der Waals surface area contributed by atoms with Gasteiger partial charge in [0.1, 0.15) is 16.8 Å². The van der Waals surface area contributed by atoms with E-state index in [2.05, 4.69) is 10.3 Å². The number of hydrogen-bond acceptors (Lipinski definition) is 2. The number of halogens is 3. The Balaban J connectivity index is 2.17. The normalized spacial score (nSPS) is 12.0. The summed E-state index contributed by atoms with van der Waals surface area (Å²) in [4.78, 5) is 15.6. The zero-order chi connectivity index (χ0) is 14.7. The number of benzene rings is 1. The molecular formula is C14H11ClF2N2O. The molecule has 2 rings (SSSR count). The molecule has 0 fully saturated rings. The van der Waals surface area contributed by atoms with Crippen LogP contribution in [0.4, 0.5) is 8.78 Å². The van der Waals surface area contributed by atoms with E-state index in [0.717, 1.165) is 12.3 Å². The van der Waals surface area contributed by atoms with Crippen LogP contribution in [-0.4, -0.2) is 10.9 Å². The summed E-state index contributed by atoms with van der Waals surface area (Å²) in [5, 5.41) is 2.52. The monoisotopic (exact) mass is 296 g/mol. The first-order valence-electron chi connectivity index (χ1n) is 5.84. The average molecular weight is 297 g/mol. The molecule has 1 aromatic heterocycles. The van der Waals surface area contributed by atoms with E-state index < -0.39 is 23.6 Å². The number of pyridine rings is 1. The number of amides is 1. The quantitative estimate of drug-likeness (QED) is 0.881. The molecular weight excluding hydrogens is 286 g/mol. The van der Waals surface area contributed by atoms with Gasteiger partial charge < -0.3 is 5.32 Å². The Hall–Kier alpha value is -2.01. The van der Waals surface area contributed by atoms with Gasteiger partial charge in [0.2, 0.25) is 0 Å². The molecule has 0 aliphatic rings. The molecule has 1 unspecified atom stereocenters. The first kappa shape index (κ1) is 14.4. The smallest absolute Gasteiger partial charge is 0.254 e. The molecule has 1 heterocycles. The lowest BCUT2D eigenvalue weighted by molar-refractivity contribution is 0.0939. The maximum atomic E-state index is 13.1. The molecule has 0 bridgehead atoms. The molecule has 104 valence electrons. The minimum atomic E-state index is -0.655. The van der Waals surface area contributed by atoms with E-state index in [9.17, 15) is 13.6 Å². The van der Waals surface area contributed by atoms with Crippen molar-refractivity contribution in [2.75, 3.05) is 0 Å². The summed E-state index contributed by atoms with van der Waals surface area (Å²) >= 11 is 5.75. The molecule has 2 aromatic rings. The third-order valence-electron chi connectivity index (χ3n) is 2.75. The fraction of sp³-hybridized carbons (Fsp3) is 0.143. The molecule has 1 amide bonds. The summed E-state index contributed by atoms with van der Waals surface area (Å²) in [6, 6.07) is 6.41. The Labute approximate surface area is 119 Å². The van der Waals surface area contributed by atoms with Crippen LogP contribution in [0.2, 0.25) is 5.15 Å². The topological polar surface area (TPSA) is 42.0 Å². The Morgan fingerprint density at radius 3 is 2.75 bits per heavy atom. The summed E-state index contributed by atoms with van der Waals surface area (Å²) < 4.78 is 26.2. The zero-order valence-corrected chi connectivity index (χ0v) is 11.3. The molecule has 6 heteroatoms. The summed E-state index contributed by atoms with van der Waals surface area (Å²) in [5.74, 6) is -1.62. The lowest BCUT2D eigenvalue weighted by Crippen LogP contribution is -2.27. The van der Waals surface area contributed by atoms with Crippen molar-refractivity contribution < 1.29 is 13.6 Å². The predicted molar refractivity (Wildman–Crippen MR) is 71.5 cm³/mol. The van der Waals surface area contributed by atoms with Gasteiger partial charge in [0, 0.05) is 0 Å². The van der Waals surface area contributed by atoms with Crippen LogP contribution >= 0.6 is 11.6 Å². The van der Waals surface area contributed by atoms with Crippen LogP contribution in [0.5, 0.6) is 0 Å². The van der Waals surface area contributed by atoms with Crippen molar-refractivity contribution in [3.63, 3.8) is 0 Å². The summed E-state index contributed by atoms with van der Waals surface area (Å²) in [5.41, 5.74) is 0.536. The van der Waals surface area contributed by atoms with Crippen molar-refractivity contribution in [2.45, 2.75) is 13.0 Å². The average Bonchev–Trinajstić information content (AvgIpc) is 2.41. The van der Waals surface area contributed by atoms with E-state index in [1.807, 2.05) is 0 Å². The first-order chi connectivity index (χ1) is 9.47. The van der Waals surface area contributed by atoms with Crippen molar-refractivity contribution in [2.24, 2.45) is 0 Å². The fourth-order valence-electron chi connectivity index (χ4n) is 1.72. The van der Waals surface area contributed by atoms with Gasteiger partial charge in [0.15, 0.2) is 0 Å². The largest absolute Gasteiger partial charge is 0.345 e. The standard InChI is InChI=1S/C14H11ClF2N2O/c1-8(9-3-2-4-10(16)5-9)19-14(20)12-6-11(17)7-18-13(12)15/h2-8H,1H3,(H,19,20). The third kappa shape index (κ3) is 3.30. The predicted octanol–water partition coefficient (Wildman–Crippen LogP) is 3.50. The second-order valence-electron chi connectivity index (χ2n) is 4.24. The van der Waals surface area contributed by atoms with Gasteiger partial charge in [0.25, 0.3) is 5.91 Å². The highest BCUT2D eigenvalue weighted by molar-refractivity contribution is 6.32. The molecule has 1 atom stereocenters. The molecule has 20 heavy (non-hydrogen) atoms. The van der Waals surface area contributed by atoms with Crippen molar-refractivity contribution in [3.8, 4) is 0 Å². The molecule has 0 radical (unpaired) electrons. The molecule has 1 aromatic carbocycles. The summed E-state index contributed by atoms with van der Waals surface area (Å²) in [6.07, 6.45) is 0.926. The van der Waals surface area contributed by atoms with Gasteiger partial charge in [-0.2, -0.15) is 0 Å². The minimum Gasteiger partial charge on any atom is -0.345 e. The second kappa shape index (κ2) is 5.96. The molecule has 0 aliphatic carbocycles. The van der Waals surface area contributed by atoms with Gasteiger partial charge in [-0.05, 0) is 30.7 Å². The number of carbonyl (C=O) groups is 1. The Morgan fingerprint density at radius 1 is 1.30 bits per heavy atom. The Bertz CT molecular complexity index is 649. The highest BCUT2D eigenvalue weighted by Crippen LogP contribution is 2.17. The van der Waals surface area contributed by atoms with Gasteiger partial charge >= 0.3 is 0 Å². The van der Waals surface area contributed by atoms with E-state index >= 15 is 0 Å². The van der Waals surface area contributed by atoms with Crippen LogP contribution in [0.15, 0.2) is 36.5 Å². The van der Waals surface area contributed by atoms with Crippen molar-refractivity contribution >= 4 is 17.5 Å². The fourth-order valence-corrected chi connectivity index (χ4v) is 1.90. The minimum absolute atomic E-state index is 0.0603. The van der Waals surface area contributed by atoms with E-state index in [-0.39, 0.29) is 10.7 Å². The number of carbonyl (C=O) groups excluding carboxylic acids is 1. The number of aromatic nitrogens is 1. The molecule has 0 saturated carbocycles. The SMILES string of the molecule is CC(NC(=O)c1cc(F)cnc1Cl)c1cccc(F)c1. The van der Waals surface area contributed by atoms with Crippen LogP contribution in [0.3, 0.4) is 0 Å². The molecule has 3 nitrogen and oxygen atoms in total. The van der Waals surface area contributed by atoms with Gasteiger partial charge in [-0.15, -0.1) is 0 Å². The van der Waals surface area contributed by atoms with Gasteiger partial charge in [-0.1, -0.05) is 23.7 Å². The third-order valence-corrected chi connectivity index (χ3v) is 3.05. The van der Waals surface area contributed by atoms with Crippen LogP contribution < -0.4 is 5.32 Å². The van der Waals surface area contributed by atoms with Crippen molar-refractivity contribution in [3.05, 3.63) is 64.4 Å². The summed E-state index contributed by atoms with van der Waals surface area (Å²) in [6.45, 7) is 1.69. The Kier molecular flexibility index (Phi) is 4.29. The van der Waals surface area contributed by atoms with E-state index in [0.29, 0.717) is 5.56 Å². The number of hydrogen-bond donors (Lipinski definition) is 1. The van der Waals surface area contributed by atoms with Crippen LogP contribution in [0.25, 0.3) is 0 Å². The highest BCUT2D eigenvalue weighted by atomic mass is 35.5. The van der Waals surface area contributed by atoms with Crippen LogP contribution in [-0.2, 0) is 0 Å². The number of nitrogens with one attached hydrogen (secondary N) is 1. The van der Waals surface area contributed by atoms with Crippen molar-refractivity contribution in [1.82, 2.24) is 10.3 Å². The summed E-state index contributed by atoms with van der Waals surface area (Å²) in [7, 11) is 0. The maximum Gasteiger partial charge on any atom is 0.254 e. The molecule has 0 aliphatic heterocycles. The number of nitrogens with zero attached hydrogens (tertiary/aromatic N) is 1. The van der Waals surface area contributed by atoms with Gasteiger partial charge in [-0.3, -0.25) is 4.79 Å². The first-order valence-corrected chi connectivity index (χ1v) is 6.22. The highest BCUT2D eigenvalue weighted by Gasteiger charge is 2.16. The maximum absolute atomic E-state index is 13.1. The number of rotatable bonds is 3. The van der Waals surface area contributed by atoms with Crippen molar-refractivity contribution in [1.29, 1.82) is 0 Å². The van der Waals surface area contributed by atoms with Gasteiger partial charge in [-0.25, -0.2) is 13.8 Å². The lowest BCUT2D eigenvalue weighted by Gasteiger charge is -2.14. The molecule has 1 N–H and O–H groups in total. The Morgan fingerprint density at radius 2 is 2.05 bits per heavy atom. The zero-order valence-electron chi connectivity index (χ0n) is 10.5. The second-order valence-corrected chi connectivity index (χ2v) is 4.60. The van der Waals surface area contributed by atoms with Gasteiger partial charge in [0.05, 0.1) is 17.8 Å². The molecule has 0 spiro atoms. The molecule has 0 saturated heterocycles. The van der Waals surface area contributed by atoms with Crippen LogP contribution in [0.1, 0.15) is 28.9 Å².